The van der Waals surface area contributed by atoms with E-state index >= 15 is 0 Å². The summed E-state index contributed by atoms with van der Waals surface area (Å²) in [5.41, 5.74) is 5.22. The first-order chi connectivity index (χ1) is 16.1. The van der Waals surface area contributed by atoms with Crippen LogP contribution >= 0.6 is 0 Å². The van der Waals surface area contributed by atoms with Gasteiger partial charge in [0.05, 0.1) is 5.69 Å². The molecule has 3 heterocycles. The summed E-state index contributed by atoms with van der Waals surface area (Å²) in [6.07, 6.45) is 5.29. The fourth-order valence-corrected chi connectivity index (χ4v) is 4.84. The fourth-order valence-electron chi connectivity index (χ4n) is 4.84. The molecule has 0 saturated carbocycles. The molecule has 33 heavy (non-hydrogen) atoms. The van der Waals surface area contributed by atoms with Crippen molar-refractivity contribution in [3.05, 3.63) is 71.2 Å². The van der Waals surface area contributed by atoms with Gasteiger partial charge < -0.3 is 19.5 Å². The van der Waals surface area contributed by atoms with Crippen molar-refractivity contribution in [3.63, 3.8) is 0 Å². The maximum absolute atomic E-state index is 13.1. The number of benzene rings is 1. The number of hydrogen-bond acceptors (Lipinski definition) is 4. The number of aromatic nitrogens is 2. The molecular formula is C27H37N5O. The molecule has 3 aromatic rings. The van der Waals surface area contributed by atoms with Crippen molar-refractivity contribution in [3.8, 4) is 0 Å². The van der Waals surface area contributed by atoms with E-state index in [0.717, 1.165) is 56.9 Å². The van der Waals surface area contributed by atoms with Gasteiger partial charge in [0.1, 0.15) is 5.65 Å². The van der Waals surface area contributed by atoms with Gasteiger partial charge in [0, 0.05) is 46.0 Å². The van der Waals surface area contributed by atoms with E-state index in [1.807, 2.05) is 35.8 Å². The van der Waals surface area contributed by atoms with E-state index < -0.39 is 0 Å². The Balaban J connectivity index is 1.35. The third-order valence-electron chi connectivity index (χ3n) is 6.82. The zero-order valence-corrected chi connectivity index (χ0v) is 20.3. The topological polar surface area (TPSA) is 52.9 Å². The van der Waals surface area contributed by atoms with Gasteiger partial charge in [-0.25, -0.2) is 4.98 Å². The molecule has 4 rings (SSSR count). The number of carbonyl (C=O) groups is 1. The highest BCUT2D eigenvalue weighted by Crippen LogP contribution is 2.28. The Labute approximate surface area is 197 Å². The normalized spacial score (nSPS) is 16.5. The lowest BCUT2D eigenvalue weighted by atomic mass is 9.94. The van der Waals surface area contributed by atoms with Gasteiger partial charge in [0.15, 0.2) is 5.69 Å². The molecule has 1 aromatic carbocycles. The molecule has 1 amide bonds. The van der Waals surface area contributed by atoms with Crippen molar-refractivity contribution in [2.45, 2.75) is 45.6 Å². The summed E-state index contributed by atoms with van der Waals surface area (Å²) in [5.74, 6) is 0.637. The molecule has 1 saturated heterocycles. The molecule has 6 heteroatoms. The zero-order chi connectivity index (χ0) is 23.2. The van der Waals surface area contributed by atoms with Gasteiger partial charge in [-0.15, -0.1) is 0 Å². The summed E-state index contributed by atoms with van der Waals surface area (Å²) in [7, 11) is 1.87. The molecule has 0 aliphatic carbocycles. The second-order valence-electron chi connectivity index (χ2n) is 9.24. The van der Waals surface area contributed by atoms with Crippen molar-refractivity contribution in [1.29, 1.82) is 0 Å². The van der Waals surface area contributed by atoms with Crippen LogP contribution in [-0.2, 0) is 6.54 Å². The molecule has 176 valence electrons. The van der Waals surface area contributed by atoms with Crippen molar-refractivity contribution in [2.24, 2.45) is 0 Å². The average molecular weight is 448 g/mol. The molecule has 6 nitrogen and oxygen atoms in total. The van der Waals surface area contributed by atoms with Crippen LogP contribution in [-0.4, -0.2) is 64.9 Å². The number of nitrogens with one attached hydrogen (secondary N) is 1. The highest BCUT2D eigenvalue weighted by molar-refractivity contribution is 5.94. The van der Waals surface area contributed by atoms with Crippen LogP contribution < -0.4 is 5.32 Å². The van der Waals surface area contributed by atoms with Crippen LogP contribution in [0.2, 0.25) is 0 Å². The first-order valence-electron chi connectivity index (χ1n) is 12.3. The monoisotopic (exact) mass is 447 g/mol. The summed E-state index contributed by atoms with van der Waals surface area (Å²) in [6, 6.07) is 14.7. The molecule has 0 spiro atoms. The summed E-state index contributed by atoms with van der Waals surface area (Å²) in [5, 5.41) is 3.58. The average Bonchev–Trinajstić information content (AvgIpc) is 3.45. The third-order valence-corrected chi connectivity index (χ3v) is 6.82. The fraction of sp³-hybridized carbons (Fsp3) is 0.481. The predicted molar refractivity (Wildman–Crippen MR) is 134 cm³/mol. The quantitative estimate of drug-likeness (QED) is 0.476. The van der Waals surface area contributed by atoms with Crippen LogP contribution in [0, 0.1) is 6.92 Å². The first kappa shape index (κ1) is 23.5. The van der Waals surface area contributed by atoms with Gasteiger partial charge in [0.2, 0.25) is 0 Å². The number of aryl methyl sites for hydroxylation is 1. The third kappa shape index (κ3) is 5.45. The van der Waals surface area contributed by atoms with Crippen LogP contribution in [0.5, 0.6) is 0 Å². The highest BCUT2D eigenvalue weighted by Gasteiger charge is 2.25. The van der Waals surface area contributed by atoms with Crippen molar-refractivity contribution in [2.75, 3.05) is 39.8 Å². The predicted octanol–water partition coefficient (Wildman–Crippen LogP) is 4.09. The van der Waals surface area contributed by atoms with Crippen molar-refractivity contribution in [1.82, 2.24) is 24.5 Å². The summed E-state index contributed by atoms with van der Waals surface area (Å²) < 4.78 is 2.04. The Hall–Kier alpha value is -2.70. The highest BCUT2D eigenvalue weighted by atomic mass is 16.2. The number of hydrogen-bond donors (Lipinski definition) is 1. The Morgan fingerprint density at radius 2 is 2.03 bits per heavy atom. The lowest BCUT2D eigenvalue weighted by Gasteiger charge is -2.18. The Bertz CT molecular complexity index is 1080. The first-order valence-corrected chi connectivity index (χ1v) is 12.3. The van der Waals surface area contributed by atoms with E-state index in [0.29, 0.717) is 18.2 Å². The van der Waals surface area contributed by atoms with E-state index in [1.54, 1.807) is 4.90 Å². The summed E-state index contributed by atoms with van der Waals surface area (Å²) in [6.45, 7) is 9.90. The Morgan fingerprint density at radius 1 is 1.21 bits per heavy atom. The number of imidazole rings is 1. The van der Waals surface area contributed by atoms with Gasteiger partial charge in [0.25, 0.3) is 5.91 Å². The number of likely N-dealkylation sites (tertiary alicyclic amines) is 1. The van der Waals surface area contributed by atoms with Crippen LogP contribution in [0.15, 0.2) is 48.7 Å². The second kappa shape index (κ2) is 10.9. The molecule has 0 bridgehead atoms. The van der Waals surface area contributed by atoms with Crippen LogP contribution in [0.3, 0.4) is 0 Å². The number of amides is 1. The molecule has 0 unspecified atom stereocenters. The number of carbonyl (C=O) groups excluding carboxylic acids is 1. The van der Waals surface area contributed by atoms with Crippen LogP contribution in [0.25, 0.3) is 5.65 Å². The van der Waals surface area contributed by atoms with Crippen LogP contribution in [0.4, 0.5) is 0 Å². The minimum atomic E-state index is 0.00423. The molecular weight excluding hydrogens is 410 g/mol. The molecule has 1 aliphatic heterocycles. The molecule has 1 atom stereocenters. The van der Waals surface area contributed by atoms with Gasteiger partial charge in [-0.3, -0.25) is 4.79 Å². The standard InChI is InChI=1S/C27H37N5O/c1-4-5-15-30(3)27(33)26-24(32-16-9-8-12-25(32)29-26)19-28-14-18-31-17-13-22(20-31)23-11-7-6-10-21(23)2/h6-12,16,22,28H,4-5,13-15,17-20H2,1-3H3/t22-/m1/s1. The maximum Gasteiger partial charge on any atom is 0.274 e. The SMILES string of the molecule is CCCCN(C)C(=O)c1nc2ccccn2c1CNCCN1CC[C@@H](c2ccccc2C)C1. The number of nitrogens with zero attached hydrogens (tertiary/aromatic N) is 4. The Morgan fingerprint density at radius 3 is 2.85 bits per heavy atom. The smallest absolute Gasteiger partial charge is 0.274 e. The molecule has 0 radical (unpaired) electrons. The van der Waals surface area contributed by atoms with Gasteiger partial charge in [-0.05, 0) is 55.5 Å². The lowest BCUT2D eigenvalue weighted by molar-refractivity contribution is 0.0787. The van der Waals surface area contributed by atoms with E-state index in [9.17, 15) is 4.79 Å². The van der Waals surface area contributed by atoms with Gasteiger partial charge in [-0.1, -0.05) is 43.7 Å². The summed E-state index contributed by atoms with van der Waals surface area (Å²) >= 11 is 0. The van der Waals surface area contributed by atoms with E-state index in [1.165, 1.54) is 17.5 Å². The lowest BCUT2D eigenvalue weighted by Crippen LogP contribution is -2.32. The minimum absolute atomic E-state index is 0.00423. The molecule has 1 aliphatic rings. The number of unbranched alkanes of at least 4 members (excludes halogenated alkanes) is 1. The van der Waals surface area contributed by atoms with Crippen molar-refractivity contribution < 1.29 is 4.79 Å². The summed E-state index contributed by atoms with van der Waals surface area (Å²) in [4.78, 5) is 22.1. The Kier molecular flexibility index (Phi) is 7.78. The largest absolute Gasteiger partial charge is 0.340 e. The maximum atomic E-state index is 13.1. The molecule has 2 aromatic heterocycles. The minimum Gasteiger partial charge on any atom is -0.340 e. The van der Waals surface area contributed by atoms with Crippen molar-refractivity contribution >= 4 is 11.6 Å². The molecule has 1 fully saturated rings. The van der Waals surface area contributed by atoms with Crippen LogP contribution in [0.1, 0.15) is 59.4 Å². The number of pyridine rings is 1. The van der Waals surface area contributed by atoms with Gasteiger partial charge in [-0.2, -0.15) is 0 Å². The second-order valence-corrected chi connectivity index (χ2v) is 9.24. The molecule has 1 N–H and O–H groups in total. The van der Waals surface area contributed by atoms with E-state index in [2.05, 4.69) is 53.3 Å². The van der Waals surface area contributed by atoms with E-state index in [4.69, 9.17) is 0 Å². The number of rotatable bonds is 10. The van der Waals surface area contributed by atoms with E-state index in [-0.39, 0.29) is 5.91 Å². The zero-order valence-electron chi connectivity index (χ0n) is 20.3. The van der Waals surface area contributed by atoms with Gasteiger partial charge >= 0.3 is 0 Å². The number of fused-ring (bicyclic) bond motifs is 1.